The molecule has 0 saturated carbocycles. The number of hydrogen-bond donors (Lipinski definition) is 14. The van der Waals surface area contributed by atoms with Gasteiger partial charge < -0.3 is 107 Å². The fraction of sp³-hybridized carbons (Fsp3) is 0.567. The topological polar surface area (TPSA) is 458 Å². The maximum Gasteiger partial charge on any atom is 1.00 e. The third-order valence-electron chi connectivity index (χ3n) is 16.7. The van der Waals surface area contributed by atoms with Crippen molar-refractivity contribution in [1.82, 2.24) is 36.4 Å². The van der Waals surface area contributed by atoms with E-state index in [1.54, 1.807) is 12.1 Å². The van der Waals surface area contributed by atoms with Crippen molar-refractivity contribution in [1.29, 1.82) is 0 Å². The maximum absolute atomic E-state index is 14.7. The van der Waals surface area contributed by atoms with Crippen molar-refractivity contribution in [3.63, 3.8) is 0 Å². The van der Waals surface area contributed by atoms with Crippen LogP contribution in [0.2, 0.25) is 0 Å². The molecule has 0 radical (unpaired) electrons. The van der Waals surface area contributed by atoms with Crippen LogP contribution in [0.4, 0.5) is 11.4 Å². The molecule has 0 spiro atoms. The van der Waals surface area contributed by atoms with Crippen LogP contribution in [0.3, 0.4) is 0 Å². The molecule has 3 aromatic rings. The van der Waals surface area contributed by atoms with Gasteiger partial charge in [0.1, 0.15) is 54.2 Å². The molecule has 33 heteroatoms. The van der Waals surface area contributed by atoms with E-state index in [2.05, 4.69) is 52.7 Å². The molecule has 0 aromatic heterocycles. The number of phenolic OH excluding ortho intramolecular Hbond substituents is 1. The van der Waals surface area contributed by atoms with Gasteiger partial charge in [0.05, 0.1) is 43.5 Å². The minimum atomic E-state index is -2.53. The largest absolute Gasteiger partial charge is 1.00 e. The fourth-order valence-corrected chi connectivity index (χ4v) is 11.8. The monoisotopic (exact) mass is 1330 g/mol. The van der Waals surface area contributed by atoms with Crippen LogP contribution < -0.4 is 85.9 Å². The Balaban J connectivity index is 0.0000137. The molecule has 14 atom stereocenters. The smallest absolute Gasteiger partial charge is 0.691 e. The maximum atomic E-state index is 14.7. The minimum absolute atomic E-state index is 0. The first-order valence-electron chi connectivity index (χ1n) is 30.5. The Labute approximate surface area is 563 Å². The second-order valence-electron chi connectivity index (χ2n) is 23.5. The summed E-state index contributed by atoms with van der Waals surface area (Å²) in [6.45, 7) is 6.26. The number of aliphatic hydroxyl groups excluding tert-OH is 7. The molecule has 8 amide bonds. The number of piperazine rings is 1. The van der Waals surface area contributed by atoms with Gasteiger partial charge in [0.15, 0.2) is 11.5 Å². The number of phenols is 1. The van der Waals surface area contributed by atoms with Gasteiger partial charge in [-0.2, -0.15) is 0 Å². The van der Waals surface area contributed by atoms with Crippen molar-refractivity contribution in [3.8, 4) is 17.2 Å². The Bertz CT molecular complexity index is 3010. The number of carbonyl (C=O) groups excluding carboxylic acids is 8. The molecular weight excluding hydrogens is 1250 g/mol. The molecule has 0 bridgehead atoms. The standard InChI is InChI=1S/C60H84N10O21S.Na/c1-4-5-6-7-8-9-24-88-40-17-15-37(16-18-40)68-22-20-67(21-23-68)36-13-10-34(11-14-36)54(80)63-41-26-38(72)29-62-58(84)50-51(77)32(2)30-70(50)60(86)48(44(75)28-46(61)76)65-57(83)49(53(79)52(78)35-12-19-43(74)45(25-35)89-92-91-90-87)66-56(82)42-27-39(73)31-69(42)59(85)47(33(3)71)64-55(41)81;/h10-19,25,32-33,38-39,41-42,44,47-53,71-75,77-79,87H,4-9,20-24,26-31H2,1-3H3,(H2,61,76)(H,62,84)(H,63,80)(H,64,81)(H,65,83)(H,66,82);/q;+1/p-1/t32?,33?,38?,39?,41-,42?,44?,47?,48?,49?,50?,51?,52?,53?;/m0./s1. The summed E-state index contributed by atoms with van der Waals surface area (Å²) in [5.74, 6) is -11.0. The molecule has 4 aliphatic rings. The summed E-state index contributed by atoms with van der Waals surface area (Å²) in [6, 6.07) is 5.17. The normalized spacial score (nSPS) is 25.8. The van der Waals surface area contributed by atoms with Crippen LogP contribution in [0.5, 0.6) is 17.2 Å². The molecule has 506 valence electrons. The first-order chi connectivity index (χ1) is 43.9. The van der Waals surface area contributed by atoms with E-state index in [4.69, 9.17) is 14.7 Å². The number of rotatable bonds is 23. The van der Waals surface area contributed by atoms with Gasteiger partial charge in [-0.25, -0.2) is 0 Å². The van der Waals surface area contributed by atoms with Gasteiger partial charge in [0.2, 0.25) is 41.4 Å². The molecular formula is C60H83N10NaO21S. The zero-order valence-electron chi connectivity index (χ0n) is 52.1. The van der Waals surface area contributed by atoms with Crippen LogP contribution >= 0.6 is 12.3 Å². The third-order valence-corrected chi connectivity index (χ3v) is 17.0. The summed E-state index contributed by atoms with van der Waals surface area (Å²) in [4.78, 5) is 120. The molecule has 4 fully saturated rings. The quantitative estimate of drug-likeness (QED) is 0.0138. The second kappa shape index (κ2) is 35.8. The van der Waals surface area contributed by atoms with Gasteiger partial charge in [-0.05, 0) is 79.6 Å². The van der Waals surface area contributed by atoms with E-state index in [9.17, 15) is 84.5 Å². The Kier molecular flexibility index (Phi) is 29.0. The molecule has 93 heavy (non-hydrogen) atoms. The molecule has 31 nitrogen and oxygen atoms in total. The van der Waals surface area contributed by atoms with Gasteiger partial charge in [0.25, 0.3) is 18.2 Å². The number of primary amides is 1. The molecule has 4 heterocycles. The third kappa shape index (κ3) is 20.2. The Morgan fingerprint density at radius 3 is 1.97 bits per heavy atom. The van der Waals surface area contributed by atoms with E-state index < -0.39 is 183 Å². The number of anilines is 2. The molecule has 0 aliphatic carbocycles. The summed E-state index contributed by atoms with van der Waals surface area (Å²) in [5, 5.41) is 116. The van der Waals surface area contributed by atoms with Crippen LogP contribution in [0, 0.1) is 5.92 Å². The number of ether oxygens (including phenoxy) is 1. The predicted molar refractivity (Wildman–Crippen MR) is 325 cm³/mol. The number of aromatic hydroxyl groups is 1. The average Bonchev–Trinajstić information content (AvgIpc) is 1.72. The van der Waals surface area contributed by atoms with Gasteiger partial charge in [0, 0.05) is 81.5 Å². The summed E-state index contributed by atoms with van der Waals surface area (Å²) in [5.41, 5.74) is 6.93. The van der Waals surface area contributed by atoms with Crippen LogP contribution in [0.1, 0.15) is 101 Å². The number of unbranched alkanes of at least 4 members (excludes halogenated alkanes) is 5. The summed E-state index contributed by atoms with van der Waals surface area (Å²) >= 11 is -0.0810. The van der Waals surface area contributed by atoms with Crippen molar-refractivity contribution in [2.45, 2.75) is 158 Å². The first kappa shape index (κ1) is 75.4. The Morgan fingerprint density at radius 1 is 0.742 bits per heavy atom. The van der Waals surface area contributed by atoms with Gasteiger partial charge in [-0.3, -0.25) is 43.4 Å². The number of fused-ring (bicyclic) bond motifs is 2. The van der Waals surface area contributed by atoms with Crippen molar-refractivity contribution in [2.24, 2.45) is 11.7 Å². The zero-order valence-corrected chi connectivity index (χ0v) is 54.9. The summed E-state index contributed by atoms with van der Waals surface area (Å²) < 4.78 is 15.0. The van der Waals surface area contributed by atoms with Crippen molar-refractivity contribution in [2.75, 3.05) is 62.2 Å². The van der Waals surface area contributed by atoms with Crippen molar-refractivity contribution < 1.29 is 132 Å². The second-order valence-corrected chi connectivity index (χ2v) is 23.9. The van der Waals surface area contributed by atoms with E-state index in [-0.39, 0.29) is 53.0 Å². The average molecular weight is 1340 g/mol. The number of aliphatic hydroxyl groups is 7. The number of hydrogen-bond acceptors (Lipinski definition) is 24. The van der Waals surface area contributed by atoms with E-state index in [0.717, 1.165) is 64.9 Å². The van der Waals surface area contributed by atoms with E-state index in [0.29, 0.717) is 32.8 Å². The van der Waals surface area contributed by atoms with Crippen LogP contribution in [-0.2, 0) is 42.9 Å². The zero-order chi connectivity index (χ0) is 66.9. The van der Waals surface area contributed by atoms with Gasteiger partial charge in [-0.15, -0.1) is 4.33 Å². The number of amides is 8. The number of carbonyl (C=O) groups is 8. The molecule has 15 N–H and O–H groups in total. The van der Waals surface area contributed by atoms with Crippen LogP contribution in [0.15, 0.2) is 66.7 Å². The molecule has 4 aliphatic heterocycles. The Morgan fingerprint density at radius 2 is 1.34 bits per heavy atom. The number of nitrogens with two attached hydrogens (primary N) is 1. The molecule has 13 unspecified atom stereocenters. The van der Waals surface area contributed by atoms with Crippen molar-refractivity contribution >= 4 is 71.0 Å². The number of β-amino-alcohol motifs (C(OH)–C–C–N with tert-alkyl or cyclic N) is 1. The summed E-state index contributed by atoms with van der Waals surface area (Å²) in [7, 11) is 0. The minimum Gasteiger partial charge on any atom is -0.691 e. The van der Waals surface area contributed by atoms with E-state index in [1.165, 1.54) is 44.7 Å². The first-order valence-corrected chi connectivity index (χ1v) is 31.2. The van der Waals surface area contributed by atoms with Gasteiger partial charge in [-0.1, -0.05) is 52.0 Å². The van der Waals surface area contributed by atoms with Gasteiger partial charge >= 0.3 is 29.6 Å². The predicted octanol–water partition coefficient (Wildman–Crippen LogP) is -6.06. The van der Waals surface area contributed by atoms with Crippen molar-refractivity contribution in [3.05, 3.63) is 77.9 Å². The van der Waals surface area contributed by atoms with E-state index in [1.807, 2.05) is 24.3 Å². The molecule has 4 saturated heterocycles. The molecule has 7 rings (SSSR count). The van der Waals surface area contributed by atoms with Crippen LogP contribution in [-0.4, -0.2) is 223 Å². The van der Waals surface area contributed by atoms with E-state index >= 15 is 0 Å². The fourth-order valence-electron chi connectivity index (χ4n) is 11.5. The Hall–Kier alpha value is -6.63. The number of nitrogens with zero attached hydrogens (tertiary/aromatic N) is 4. The SMILES string of the molecule is CCCCCCCCOc1ccc(N2CCN(c3ccc(C(=O)N[C@H]4CC(O)CNC(=O)C5C(O)C(C)CN5C(=O)C(C(O)CC(N)=O)NC(=O)C(C(O)C(O)c5ccc(O)c(OSOO[O-])c5)NC(=O)C5CC(O)CN5C(=O)C(C(C)O)NC4=O)cc3)CC2)cc1.[Na+]. The number of benzene rings is 3. The molecule has 3 aromatic carbocycles. The van der Waals surface area contributed by atoms with Crippen LogP contribution in [0.25, 0.3) is 0 Å². The number of nitrogens with one attached hydrogen (secondary N) is 5. The summed E-state index contributed by atoms with van der Waals surface area (Å²) in [6.07, 6.45) is -9.03.